The maximum atomic E-state index is 6.09. The normalized spacial score (nSPS) is 13.7. The lowest BCUT2D eigenvalue weighted by molar-refractivity contribution is 0.122. The van der Waals surface area contributed by atoms with Crippen molar-refractivity contribution in [3.05, 3.63) is 96.6 Å². The third-order valence-corrected chi connectivity index (χ3v) is 7.81. The van der Waals surface area contributed by atoms with Crippen LogP contribution in [0, 0.1) is 0 Å². The molecule has 6 nitrogen and oxygen atoms in total. The van der Waals surface area contributed by atoms with Crippen molar-refractivity contribution in [3.8, 4) is 6.01 Å². The first kappa shape index (κ1) is 22.5. The summed E-state index contributed by atoms with van der Waals surface area (Å²) < 4.78 is 11.6. The number of rotatable bonds is 8. The first-order valence-electron chi connectivity index (χ1n) is 11.5. The fraction of sp³-hybridized carbons (Fsp3) is 0.222. The molecule has 1 aliphatic rings. The third-order valence-electron chi connectivity index (χ3n) is 5.58. The van der Waals surface area contributed by atoms with Crippen LogP contribution < -0.4 is 25.8 Å². The van der Waals surface area contributed by atoms with Crippen molar-refractivity contribution in [1.29, 1.82) is 0 Å². The Kier molecular flexibility index (Phi) is 7.39. The van der Waals surface area contributed by atoms with E-state index in [1.165, 1.54) is 16.2 Å². The molecule has 1 saturated heterocycles. The molecule has 0 aliphatic carbocycles. The summed E-state index contributed by atoms with van der Waals surface area (Å²) in [6.45, 7) is 3.34. The van der Waals surface area contributed by atoms with E-state index in [9.17, 15) is 0 Å². The fourth-order valence-corrected chi connectivity index (χ4v) is 5.92. The summed E-state index contributed by atoms with van der Waals surface area (Å²) in [6, 6.07) is 31.6. The average Bonchev–Trinajstić information content (AvgIpc) is 2.91. The van der Waals surface area contributed by atoms with Crippen LogP contribution in [-0.2, 0) is 11.2 Å². The number of morpholine rings is 1. The molecule has 0 unspecified atom stereocenters. The molecule has 1 fully saturated rings. The fourth-order valence-electron chi connectivity index (χ4n) is 3.84. The van der Waals surface area contributed by atoms with Gasteiger partial charge in [-0.25, -0.2) is 0 Å². The second-order valence-corrected chi connectivity index (χ2v) is 10.0. The van der Waals surface area contributed by atoms with Crippen molar-refractivity contribution in [3.63, 3.8) is 0 Å². The van der Waals surface area contributed by atoms with E-state index in [-0.39, 0.29) is 0 Å². The number of ether oxygens (including phenoxy) is 2. The minimum absolute atomic E-state index is 0.377. The Morgan fingerprint density at radius 1 is 0.735 bits per heavy atom. The van der Waals surface area contributed by atoms with Gasteiger partial charge < -0.3 is 14.4 Å². The first-order chi connectivity index (χ1) is 16.9. The summed E-state index contributed by atoms with van der Waals surface area (Å²) in [7, 11) is -0.958. The zero-order valence-electron chi connectivity index (χ0n) is 19.0. The van der Waals surface area contributed by atoms with E-state index in [1.54, 1.807) is 0 Å². The molecule has 5 rings (SSSR count). The Labute approximate surface area is 201 Å². The lowest BCUT2D eigenvalue weighted by Gasteiger charge is -2.27. The lowest BCUT2D eigenvalue weighted by Crippen LogP contribution is -2.39. The van der Waals surface area contributed by atoms with Crippen LogP contribution in [0.2, 0.25) is 0 Å². The highest BCUT2D eigenvalue weighted by molar-refractivity contribution is 7.79. The van der Waals surface area contributed by atoms with Gasteiger partial charge in [-0.1, -0.05) is 91.0 Å². The molecule has 4 aromatic rings. The molecule has 0 radical (unpaired) electrons. The number of anilines is 1. The van der Waals surface area contributed by atoms with Crippen molar-refractivity contribution < 1.29 is 9.47 Å². The third kappa shape index (κ3) is 5.58. The minimum atomic E-state index is -0.958. The van der Waals surface area contributed by atoms with E-state index in [1.807, 2.05) is 30.3 Å². The number of hydrogen-bond donors (Lipinski definition) is 0. The highest BCUT2D eigenvalue weighted by Crippen LogP contribution is 2.32. The monoisotopic (exact) mass is 470 g/mol. The summed E-state index contributed by atoms with van der Waals surface area (Å²) >= 11 is 0. The van der Waals surface area contributed by atoms with Gasteiger partial charge in [-0.05, 0) is 16.2 Å². The van der Waals surface area contributed by atoms with E-state index in [4.69, 9.17) is 24.4 Å². The summed E-state index contributed by atoms with van der Waals surface area (Å²) in [5.74, 6) is 0.655. The Bertz CT molecular complexity index is 1130. The molecule has 3 aromatic carbocycles. The van der Waals surface area contributed by atoms with Gasteiger partial charge in [0.05, 0.1) is 19.8 Å². The predicted molar refractivity (Wildman–Crippen MR) is 137 cm³/mol. The summed E-state index contributed by atoms with van der Waals surface area (Å²) in [5.41, 5.74) is 1.97. The van der Waals surface area contributed by atoms with Gasteiger partial charge in [0.25, 0.3) is 0 Å². The van der Waals surface area contributed by atoms with Gasteiger partial charge >= 0.3 is 6.01 Å². The van der Waals surface area contributed by atoms with Gasteiger partial charge in [-0.15, -0.1) is 0 Å². The van der Waals surface area contributed by atoms with Crippen LogP contribution in [-0.4, -0.2) is 47.9 Å². The van der Waals surface area contributed by atoms with Crippen molar-refractivity contribution in [1.82, 2.24) is 15.0 Å². The lowest BCUT2D eigenvalue weighted by atomic mass is 10.2. The van der Waals surface area contributed by atoms with Gasteiger partial charge in [0.15, 0.2) is 5.57 Å². The van der Waals surface area contributed by atoms with Crippen LogP contribution in [0.5, 0.6) is 6.01 Å². The Morgan fingerprint density at radius 2 is 1.32 bits per heavy atom. The first-order valence-corrected chi connectivity index (χ1v) is 12.9. The van der Waals surface area contributed by atoms with Crippen LogP contribution in [0.25, 0.3) is 0 Å². The van der Waals surface area contributed by atoms with Crippen molar-refractivity contribution >= 4 is 30.0 Å². The van der Waals surface area contributed by atoms with Crippen LogP contribution in [0.1, 0.15) is 5.56 Å². The largest absolute Gasteiger partial charge is 0.463 e. The van der Waals surface area contributed by atoms with Gasteiger partial charge in [-0.3, -0.25) is 0 Å². The molecule has 2 heterocycles. The maximum absolute atomic E-state index is 6.09. The molecule has 0 bridgehead atoms. The zero-order chi connectivity index (χ0) is 23.0. The van der Waals surface area contributed by atoms with Gasteiger partial charge in [0.2, 0.25) is 5.95 Å². The summed E-state index contributed by atoms with van der Waals surface area (Å²) in [5, 5.41) is 2.39. The van der Waals surface area contributed by atoms with Crippen molar-refractivity contribution in [2.75, 3.05) is 37.8 Å². The van der Waals surface area contributed by atoms with E-state index < -0.39 is 7.92 Å². The highest BCUT2D eigenvalue weighted by atomic mass is 31.1. The zero-order valence-corrected chi connectivity index (χ0v) is 19.8. The number of aromatic nitrogens is 3. The van der Waals surface area contributed by atoms with Gasteiger partial charge in [0, 0.05) is 27.4 Å². The minimum Gasteiger partial charge on any atom is -0.463 e. The average molecular weight is 471 g/mol. The molecule has 172 valence electrons. The topological polar surface area (TPSA) is 60.4 Å². The Morgan fingerprint density at radius 3 is 1.94 bits per heavy atom. The maximum Gasteiger partial charge on any atom is 0.321 e. The standard InChI is InChI=1S/C27H27N4O2P/c1-4-10-22(11-5-1)16-19-33-26-28-25(31-17-20-32-21-18-31)29-27(30-26)34(23-12-6-2-7-13-23)24-14-8-3-9-15-24/h1-15H,16-21H2. The molecule has 1 aromatic heterocycles. The van der Waals surface area contributed by atoms with Crippen LogP contribution in [0.3, 0.4) is 0 Å². The predicted octanol–water partition coefficient (Wildman–Crippen LogP) is 3.09. The van der Waals surface area contributed by atoms with E-state index in [0.29, 0.717) is 31.8 Å². The van der Waals surface area contributed by atoms with E-state index in [0.717, 1.165) is 25.1 Å². The molecule has 0 N–H and O–H groups in total. The molecule has 0 saturated carbocycles. The van der Waals surface area contributed by atoms with E-state index in [2.05, 4.69) is 65.6 Å². The molecule has 0 spiro atoms. The second kappa shape index (κ2) is 11.2. The Balaban J connectivity index is 1.50. The smallest absolute Gasteiger partial charge is 0.321 e. The molecule has 7 heteroatoms. The van der Waals surface area contributed by atoms with Crippen molar-refractivity contribution in [2.45, 2.75) is 6.42 Å². The molecular weight excluding hydrogens is 443 g/mol. The number of hydrogen-bond acceptors (Lipinski definition) is 6. The number of nitrogens with zero attached hydrogens (tertiary/aromatic N) is 4. The molecule has 0 amide bonds. The van der Waals surface area contributed by atoms with Gasteiger partial charge in [-0.2, -0.15) is 15.0 Å². The van der Waals surface area contributed by atoms with Crippen LogP contribution >= 0.6 is 7.92 Å². The SMILES string of the molecule is c1ccc(CCOc2nc(N3CCOCC3)nc(P(c3ccccc3)c3ccccc3)n2)cc1. The Hall–Kier alpha value is -3.34. The quantitative estimate of drug-likeness (QED) is 0.369. The highest BCUT2D eigenvalue weighted by Gasteiger charge is 2.24. The summed E-state index contributed by atoms with van der Waals surface area (Å²) in [4.78, 5) is 16.7. The number of benzene rings is 3. The van der Waals surface area contributed by atoms with Crippen LogP contribution in [0.15, 0.2) is 91.0 Å². The van der Waals surface area contributed by atoms with Crippen molar-refractivity contribution in [2.24, 2.45) is 0 Å². The molecule has 0 atom stereocenters. The van der Waals surface area contributed by atoms with Gasteiger partial charge in [0.1, 0.15) is 0 Å². The molecule has 34 heavy (non-hydrogen) atoms. The molecule has 1 aliphatic heterocycles. The second-order valence-electron chi connectivity index (χ2n) is 7.91. The van der Waals surface area contributed by atoms with Crippen LogP contribution in [0.4, 0.5) is 5.95 Å². The summed E-state index contributed by atoms with van der Waals surface area (Å²) in [6.07, 6.45) is 0.793. The molecular formula is C27H27N4O2P. The van der Waals surface area contributed by atoms with E-state index >= 15 is 0 Å².